The SMILES string of the molecule is CC1(C)CN(CCOc2cccc(Br)c2)CCC1O. The topological polar surface area (TPSA) is 32.7 Å². The van der Waals surface area contributed by atoms with E-state index in [9.17, 15) is 5.11 Å². The summed E-state index contributed by atoms with van der Waals surface area (Å²) in [6, 6.07) is 7.90. The molecule has 1 unspecified atom stereocenters. The molecule has 0 bridgehead atoms. The van der Waals surface area contributed by atoms with Crippen molar-refractivity contribution in [1.29, 1.82) is 0 Å². The molecule has 1 heterocycles. The highest BCUT2D eigenvalue weighted by Gasteiger charge is 2.34. The van der Waals surface area contributed by atoms with Crippen molar-refractivity contribution in [3.8, 4) is 5.75 Å². The summed E-state index contributed by atoms with van der Waals surface area (Å²) in [5, 5.41) is 9.93. The van der Waals surface area contributed by atoms with Crippen molar-refractivity contribution in [3.05, 3.63) is 28.7 Å². The summed E-state index contributed by atoms with van der Waals surface area (Å²) >= 11 is 3.43. The maximum atomic E-state index is 9.93. The van der Waals surface area contributed by atoms with E-state index in [-0.39, 0.29) is 11.5 Å². The quantitative estimate of drug-likeness (QED) is 0.922. The Balaban J connectivity index is 1.77. The number of piperidine rings is 1. The van der Waals surface area contributed by atoms with Gasteiger partial charge in [0.15, 0.2) is 0 Å². The first kappa shape index (κ1) is 14.8. The number of nitrogens with zero attached hydrogens (tertiary/aromatic N) is 1. The van der Waals surface area contributed by atoms with Gasteiger partial charge >= 0.3 is 0 Å². The first-order valence-corrected chi connectivity index (χ1v) is 7.55. The highest BCUT2D eigenvalue weighted by molar-refractivity contribution is 9.10. The molecule has 1 N–H and O–H groups in total. The van der Waals surface area contributed by atoms with Gasteiger partial charge < -0.3 is 9.84 Å². The van der Waals surface area contributed by atoms with Crippen LogP contribution in [0.2, 0.25) is 0 Å². The molecule has 0 saturated carbocycles. The molecule has 4 heteroatoms. The standard InChI is InChI=1S/C15H22BrNO2/c1-15(2)11-17(7-6-14(15)18)8-9-19-13-5-3-4-12(16)10-13/h3-5,10,14,18H,6-9,11H2,1-2H3. The number of aliphatic hydroxyl groups is 1. The summed E-state index contributed by atoms with van der Waals surface area (Å²) in [6.45, 7) is 7.71. The lowest BCUT2D eigenvalue weighted by molar-refractivity contribution is -0.0271. The number of likely N-dealkylation sites (tertiary alicyclic amines) is 1. The molecular weight excluding hydrogens is 306 g/mol. The van der Waals surface area contributed by atoms with Crippen molar-refractivity contribution in [1.82, 2.24) is 4.90 Å². The fraction of sp³-hybridized carbons (Fsp3) is 0.600. The van der Waals surface area contributed by atoms with E-state index in [0.29, 0.717) is 6.61 Å². The summed E-state index contributed by atoms with van der Waals surface area (Å²) in [6.07, 6.45) is 0.666. The van der Waals surface area contributed by atoms with Crippen molar-refractivity contribution in [2.75, 3.05) is 26.2 Å². The fourth-order valence-electron chi connectivity index (χ4n) is 2.50. The summed E-state index contributed by atoms with van der Waals surface area (Å²) in [5.41, 5.74) is -0.0198. The van der Waals surface area contributed by atoms with E-state index < -0.39 is 0 Å². The van der Waals surface area contributed by atoms with E-state index in [1.54, 1.807) is 0 Å². The molecule has 1 fully saturated rings. The van der Waals surface area contributed by atoms with Crippen LogP contribution >= 0.6 is 15.9 Å². The van der Waals surface area contributed by atoms with Crippen molar-refractivity contribution in [3.63, 3.8) is 0 Å². The minimum atomic E-state index is -0.185. The Morgan fingerprint density at radius 2 is 2.26 bits per heavy atom. The van der Waals surface area contributed by atoms with Gasteiger partial charge in [0.05, 0.1) is 6.10 Å². The van der Waals surface area contributed by atoms with Crippen molar-refractivity contribution >= 4 is 15.9 Å². The molecule has 3 nitrogen and oxygen atoms in total. The number of benzene rings is 1. The molecular formula is C15H22BrNO2. The van der Waals surface area contributed by atoms with E-state index in [1.807, 2.05) is 24.3 Å². The first-order valence-electron chi connectivity index (χ1n) is 6.76. The van der Waals surface area contributed by atoms with Crippen LogP contribution in [-0.2, 0) is 0 Å². The van der Waals surface area contributed by atoms with Crippen LogP contribution in [0.1, 0.15) is 20.3 Å². The zero-order chi connectivity index (χ0) is 13.9. The van der Waals surface area contributed by atoms with Crippen LogP contribution in [0.3, 0.4) is 0 Å². The molecule has 0 aromatic heterocycles. The lowest BCUT2D eigenvalue weighted by Gasteiger charge is -2.41. The van der Waals surface area contributed by atoms with Crippen LogP contribution in [0.25, 0.3) is 0 Å². The smallest absolute Gasteiger partial charge is 0.120 e. The number of halogens is 1. The molecule has 1 atom stereocenters. The third-order valence-electron chi connectivity index (χ3n) is 3.72. The Kier molecular flexibility index (Phi) is 4.87. The summed E-state index contributed by atoms with van der Waals surface area (Å²) in [5.74, 6) is 0.894. The summed E-state index contributed by atoms with van der Waals surface area (Å²) < 4.78 is 6.78. The van der Waals surface area contributed by atoms with Gasteiger partial charge in [-0.1, -0.05) is 35.8 Å². The molecule has 1 saturated heterocycles. The van der Waals surface area contributed by atoms with Gasteiger partial charge in [-0.05, 0) is 24.6 Å². The van der Waals surface area contributed by atoms with Gasteiger partial charge in [-0.2, -0.15) is 0 Å². The molecule has 1 aliphatic rings. The predicted molar refractivity (Wildman–Crippen MR) is 80.5 cm³/mol. The molecule has 1 aromatic rings. The Hall–Kier alpha value is -0.580. The minimum Gasteiger partial charge on any atom is -0.492 e. The lowest BCUT2D eigenvalue weighted by atomic mass is 9.81. The van der Waals surface area contributed by atoms with Gasteiger partial charge in [0.25, 0.3) is 0 Å². The van der Waals surface area contributed by atoms with Crippen LogP contribution in [0.4, 0.5) is 0 Å². The van der Waals surface area contributed by atoms with Crippen molar-refractivity contribution in [2.24, 2.45) is 5.41 Å². The second-order valence-electron chi connectivity index (χ2n) is 5.88. The van der Waals surface area contributed by atoms with E-state index in [1.165, 1.54) is 0 Å². The zero-order valence-electron chi connectivity index (χ0n) is 11.6. The second kappa shape index (κ2) is 6.25. The van der Waals surface area contributed by atoms with Gasteiger partial charge in [-0.25, -0.2) is 0 Å². The first-order chi connectivity index (χ1) is 8.97. The lowest BCUT2D eigenvalue weighted by Crippen LogP contribution is -2.49. The number of rotatable bonds is 4. The maximum Gasteiger partial charge on any atom is 0.120 e. The number of aliphatic hydroxyl groups excluding tert-OH is 1. The molecule has 19 heavy (non-hydrogen) atoms. The van der Waals surface area contributed by atoms with E-state index in [2.05, 4.69) is 34.7 Å². The molecule has 0 radical (unpaired) electrons. The average Bonchev–Trinajstić information content (AvgIpc) is 2.33. The number of hydrogen-bond donors (Lipinski definition) is 1. The number of ether oxygens (including phenoxy) is 1. The zero-order valence-corrected chi connectivity index (χ0v) is 13.2. The number of hydrogen-bond acceptors (Lipinski definition) is 3. The largest absolute Gasteiger partial charge is 0.492 e. The predicted octanol–water partition coefficient (Wildman–Crippen LogP) is 2.92. The fourth-order valence-corrected chi connectivity index (χ4v) is 2.87. The molecule has 1 aliphatic heterocycles. The Bertz CT molecular complexity index is 422. The van der Waals surface area contributed by atoms with Gasteiger partial charge in [0.1, 0.15) is 12.4 Å². The van der Waals surface area contributed by atoms with Gasteiger partial charge in [0, 0.05) is 29.5 Å². The Labute approximate surface area is 123 Å². The van der Waals surface area contributed by atoms with Crippen LogP contribution in [0.5, 0.6) is 5.75 Å². The highest BCUT2D eigenvalue weighted by atomic mass is 79.9. The van der Waals surface area contributed by atoms with Gasteiger partial charge in [-0.3, -0.25) is 4.90 Å². The Morgan fingerprint density at radius 3 is 2.95 bits per heavy atom. The molecule has 1 aromatic carbocycles. The third-order valence-corrected chi connectivity index (χ3v) is 4.22. The molecule has 2 rings (SSSR count). The van der Waals surface area contributed by atoms with Crippen molar-refractivity contribution < 1.29 is 9.84 Å². The summed E-state index contributed by atoms with van der Waals surface area (Å²) in [4.78, 5) is 2.37. The van der Waals surface area contributed by atoms with E-state index in [0.717, 1.165) is 36.3 Å². The minimum absolute atomic E-state index is 0.0198. The molecule has 0 amide bonds. The average molecular weight is 328 g/mol. The second-order valence-corrected chi connectivity index (χ2v) is 6.79. The van der Waals surface area contributed by atoms with E-state index in [4.69, 9.17) is 4.74 Å². The summed E-state index contributed by atoms with van der Waals surface area (Å²) in [7, 11) is 0. The normalized spacial score (nSPS) is 23.3. The van der Waals surface area contributed by atoms with Crippen LogP contribution in [0, 0.1) is 5.41 Å². The third kappa shape index (κ3) is 4.20. The van der Waals surface area contributed by atoms with E-state index >= 15 is 0 Å². The Morgan fingerprint density at radius 1 is 1.47 bits per heavy atom. The van der Waals surface area contributed by atoms with Crippen LogP contribution in [-0.4, -0.2) is 42.4 Å². The van der Waals surface area contributed by atoms with Crippen LogP contribution < -0.4 is 4.74 Å². The van der Waals surface area contributed by atoms with Crippen molar-refractivity contribution in [2.45, 2.75) is 26.4 Å². The van der Waals surface area contributed by atoms with Crippen LogP contribution in [0.15, 0.2) is 28.7 Å². The monoisotopic (exact) mass is 327 g/mol. The molecule has 0 aliphatic carbocycles. The molecule has 0 spiro atoms. The molecule has 106 valence electrons. The van der Waals surface area contributed by atoms with Gasteiger partial charge in [-0.15, -0.1) is 0 Å². The highest BCUT2D eigenvalue weighted by Crippen LogP contribution is 2.28. The maximum absolute atomic E-state index is 9.93. The van der Waals surface area contributed by atoms with Gasteiger partial charge in [0.2, 0.25) is 0 Å².